The van der Waals surface area contributed by atoms with Gasteiger partial charge in [-0.05, 0) is 48.3 Å². The van der Waals surface area contributed by atoms with Crippen molar-refractivity contribution in [2.75, 3.05) is 45.5 Å². The first-order chi connectivity index (χ1) is 17.0. The Morgan fingerprint density at radius 3 is 2.51 bits per heavy atom. The number of hydrogen-bond donors (Lipinski definition) is 0. The number of rotatable bonds is 14. The summed E-state index contributed by atoms with van der Waals surface area (Å²) in [5.74, 6) is 3.38. The molecule has 1 saturated heterocycles. The number of benzene rings is 1. The van der Waals surface area contributed by atoms with Gasteiger partial charge in [-0.2, -0.15) is 11.8 Å². The second-order valence-electron chi connectivity index (χ2n) is 10.2. The molecule has 0 aromatic heterocycles. The number of alkyl halides is 1. The molecular formula is C28H44FNO4S. The maximum atomic E-state index is 12.6. The van der Waals surface area contributed by atoms with Gasteiger partial charge in [0.05, 0.1) is 26.8 Å². The summed E-state index contributed by atoms with van der Waals surface area (Å²) < 4.78 is 29.4. The minimum absolute atomic E-state index is 0.0534. The van der Waals surface area contributed by atoms with E-state index in [1.165, 1.54) is 36.8 Å². The number of nitrogens with zero attached hydrogens (tertiary/aromatic N) is 1. The minimum Gasteiger partial charge on any atom is -0.493 e. The largest absolute Gasteiger partial charge is 0.493 e. The Balaban J connectivity index is 1.62. The van der Waals surface area contributed by atoms with Crippen LogP contribution in [0.15, 0.2) is 12.1 Å². The lowest BCUT2D eigenvalue weighted by molar-refractivity contribution is -0.161. The predicted molar refractivity (Wildman–Crippen MR) is 141 cm³/mol. The molecule has 0 radical (unpaired) electrons. The minimum atomic E-state index is -0.222. The predicted octanol–water partition coefficient (Wildman–Crippen LogP) is 6.23. The normalized spacial score (nSPS) is 21.9. The smallest absolute Gasteiger partial charge is 0.308 e. The van der Waals surface area contributed by atoms with Gasteiger partial charge < -0.3 is 14.2 Å². The Labute approximate surface area is 215 Å². The molecule has 0 saturated carbocycles. The molecule has 35 heavy (non-hydrogen) atoms. The van der Waals surface area contributed by atoms with Gasteiger partial charge in [-0.25, -0.2) is 0 Å². The summed E-state index contributed by atoms with van der Waals surface area (Å²) in [6.07, 6.45) is 8.85. The van der Waals surface area contributed by atoms with Crippen molar-refractivity contribution in [3.05, 3.63) is 23.3 Å². The van der Waals surface area contributed by atoms with Crippen LogP contribution in [0.1, 0.15) is 76.0 Å². The molecule has 0 aliphatic carbocycles. The number of carbonyl (C=O) groups is 1. The molecular weight excluding hydrogens is 464 g/mol. The first kappa shape index (κ1) is 28.1. The molecule has 0 bridgehead atoms. The number of carbonyl (C=O) groups excluding carboxylic acids is 1. The fourth-order valence-corrected chi connectivity index (χ4v) is 6.13. The number of ether oxygens (including phenoxy) is 3. The van der Waals surface area contributed by atoms with Crippen molar-refractivity contribution in [1.82, 2.24) is 4.90 Å². The molecule has 7 heteroatoms. The van der Waals surface area contributed by atoms with Gasteiger partial charge >= 0.3 is 5.97 Å². The molecule has 2 aliphatic heterocycles. The van der Waals surface area contributed by atoms with E-state index in [0.29, 0.717) is 11.7 Å². The monoisotopic (exact) mass is 508 g/mol. The molecule has 0 amide bonds. The van der Waals surface area contributed by atoms with Crippen LogP contribution in [0.25, 0.3) is 0 Å². The summed E-state index contributed by atoms with van der Waals surface area (Å²) >= 11 is 1.71. The van der Waals surface area contributed by atoms with E-state index in [-0.39, 0.29) is 30.7 Å². The molecule has 198 valence electrons. The Bertz CT molecular complexity index is 805. The van der Waals surface area contributed by atoms with Gasteiger partial charge in [-0.15, -0.1) is 0 Å². The molecule has 1 aromatic rings. The highest BCUT2D eigenvalue weighted by atomic mass is 32.2. The third-order valence-electron chi connectivity index (χ3n) is 7.39. The lowest BCUT2D eigenvalue weighted by Crippen LogP contribution is -2.49. The van der Waals surface area contributed by atoms with Crippen molar-refractivity contribution < 1.29 is 23.4 Å². The van der Waals surface area contributed by atoms with Crippen LogP contribution in [0.3, 0.4) is 0 Å². The molecule has 1 aromatic carbocycles. The average molecular weight is 509 g/mol. The van der Waals surface area contributed by atoms with E-state index in [1.807, 2.05) is 13.8 Å². The van der Waals surface area contributed by atoms with E-state index in [9.17, 15) is 9.18 Å². The SMILES string of the molecule is COc1cc2c(cc1OC)[C@@H]1C[C@H](OC(=O)C(C)C)[C@@H](CCCCCCCSCC[18F])CN1CC2. The number of piperidine rings is 1. The Hall–Kier alpha value is -1.47. The van der Waals surface area contributed by atoms with E-state index in [0.717, 1.165) is 56.0 Å². The van der Waals surface area contributed by atoms with E-state index >= 15 is 0 Å². The number of methoxy groups -OCH3 is 2. The molecule has 2 aliphatic rings. The van der Waals surface area contributed by atoms with Gasteiger partial charge in [0, 0.05) is 37.2 Å². The zero-order chi connectivity index (χ0) is 25.2. The van der Waals surface area contributed by atoms with Gasteiger partial charge in [0.1, 0.15) is 6.10 Å². The summed E-state index contributed by atoms with van der Waals surface area (Å²) in [4.78, 5) is 15.2. The molecule has 1 fully saturated rings. The van der Waals surface area contributed by atoms with Crippen molar-refractivity contribution >= 4 is 17.7 Å². The van der Waals surface area contributed by atoms with Gasteiger partial charge in [-0.1, -0.05) is 39.5 Å². The number of unbranched alkanes of at least 4 members (excludes halogenated alkanes) is 4. The summed E-state index contributed by atoms with van der Waals surface area (Å²) in [6, 6.07) is 4.48. The van der Waals surface area contributed by atoms with Crippen molar-refractivity contribution in [3.63, 3.8) is 0 Å². The van der Waals surface area contributed by atoms with E-state index in [1.54, 1.807) is 26.0 Å². The number of hydrogen-bond acceptors (Lipinski definition) is 6. The molecule has 2 heterocycles. The van der Waals surface area contributed by atoms with Crippen LogP contribution in [0.2, 0.25) is 0 Å². The molecule has 5 nitrogen and oxygen atoms in total. The van der Waals surface area contributed by atoms with Crippen LogP contribution in [-0.4, -0.2) is 62.5 Å². The van der Waals surface area contributed by atoms with Crippen molar-refractivity contribution in [1.29, 1.82) is 0 Å². The summed E-state index contributed by atoms with van der Waals surface area (Å²) in [5.41, 5.74) is 2.59. The van der Waals surface area contributed by atoms with Gasteiger partial charge in [0.25, 0.3) is 0 Å². The van der Waals surface area contributed by atoms with E-state index in [2.05, 4.69) is 17.0 Å². The van der Waals surface area contributed by atoms with Crippen molar-refractivity contribution in [2.45, 2.75) is 77.4 Å². The quantitative estimate of drug-likeness (QED) is 0.219. The highest BCUT2D eigenvalue weighted by Gasteiger charge is 2.41. The van der Waals surface area contributed by atoms with E-state index in [4.69, 9.17) is 14.2 Å². The number of esters is 1. The van der Waals surface area contributed by atoms with Crippen LogP contribution in [0.4, 0.5) is 4.39 Å². The van der Waals surface area contributed by atoms with Crippen LogP contribution >= 0.6 is 11.8 Å². The van der Waals surface area contributed by atoms with Gasteiger partial charge in [0.2, 0.25) is 0 Å². The van der Waals surface area contributed by atoms with E-state index < -0.39 is 0 Å². The lowest BCUT2D eigenvalue weighted by Gasteiger charge is -2.47. The zero-order valence-corrected chi connectivity index (χ0v) is 22.8. The van der Waals surface area contributed by atoms with Crippen molar-refractivity contribution in [2.24, 2.45) is 11.8 Å². The standard InChI is InChI=1S/C28H44FNO4S/c1-20(2)28(31)34-25-18-24-23-17-27(33-4)26(32-3)16-21(23)11-13-30(24)19-22(25)10-8-6-5-7-9-14-35-15-12-29/h16-17,20,22,24-25H,5-15,18-19H2,1-4H3/t22-,24-,25-/m0/s1/i29-1. The van der Waals surface area contributed by atoms with Gasteiger partial charge in [-0.3, -0.25) is 14.1 Å². The Morgan fingerprint density at radius 1 is 1.09 bits per heavy atom. The molecule has 0 unspecified atom stereocenters. The summed E-state index contributed by atoms with van der Waals surface area (Å²) in [6.45, 7) is 5.58. The van der Waals surface area contributed by atoms with Crippen LogP contribution in [-0.2, 0) is 16.0 Å². The second kappa shape index (κ2) is 14.3. The van der Waals surface area contributed by atoms with Crippen molar-refractivity contribution in [3.8, 4) is 11.5 Å². The van der Waals surface area contributed by atoms with Crippen LogP contribution < -0.4 is 9.47 Å². The first-order valence-electron chi connectivity index (χ1n) is 13.3. The second-order valence-corrected chi connectivity index (χ2v) is 11.4. The average Bonchev–Trinajstić information content (AvgIpc) is 2.86. The number of fused-ring (bicyclic) bond motifs is 3. The highest BCUT2D eigenvalue weighted by Crippen LogP contribution is 2.44. The molecule has 3 atom stereocenters. The maximum absolute atomic E-state index is 12.6. The summed E-state index contributed by atoms with van der Waals surface area (Å²) in [5, 5.41) is 0. The van der Waals surface area contributed by atoms with Gasteiger partial charge in [0.15, 0.2) is 11.5 Å². The number of thioether (sulfide) groups is 1. The maximum Gasteiger partial charge on any atom is 0.308 e. The molecule has 3 rings (SSSR count). The number of halogens is 1. The Morgan fingerprint density at radius 2 is 1.80 bits per heavy atom. The highest BCUT2D eigenvalue weighted by molar-refractivity contribution is 7.99. The molecule has 0 spiro atoms. The topological polar surface area (TPSA) is 48.0 Å². The lowest BCUT2D eigenvalue weighted by atomic mass is 9.79. The van der Waals surface area contributed by atoms with Crippen LogP contribution in [0.5, 0.6) is 11.5 Å². The first-order valence-corrected chi connectivity index (χ1v) is 14.5. The molecule has 0 N–H and O–H groups in total. The summed E-state index contributed by atoms with van der Waals surface area (Å²) in [7, 11) is 3.36. The fraction of sp³-hybridized carbons (Fsp3) is 0.750. The Kier molecular flexibility index (Phi) is 11.5. The van der Waals surface area contributed by atoms with Crippen LogP contribution in [0, 0.1) is 11.8 Å². The fourth-order valence-electron chi connectivity index (χ4n) is 5.41. The third-order valence-corrected chi connectivity index (χ3v) is 8.41. The zero-order valence-electron chi connectivity index (χ0n) is 22.0. The third kappa shape index (κ3) is 7.75.